The molecule has 0 spiro atoms. The zero-order valence-electron chi connectivity index (χ0n) is 10.7. The highest BCUT2D eigenvalue weighted by Gasteiger charge is 2.31. The summed E-state index contributed by atoms with van der Waals surface area (Å²) in [6.45, 7) is 8.89. The maximum Gasteiger partial charge on any atom is 0.0674 e. The maximum absolute atomic E-state index is 5.77. The smallest absolute Gasteiger partial charge is 0.0674 e. The summed E-state index contributed by atoms with van der Waals surface area (Å²) >= 11 is 0. The van der Waals surface area contributed by atoms with Gasteiger partial charge in [-0.2, -0.15) is 0 Å². The monoisotopic (exact) mass is 226 g/mol. The molecule has 0 amide bonds. The first-order valence-corrected chi connectivity index (χ1v) is 6.89. The molecule has 0 aliphatic carbocycles. The molecule has 1 N–H and O–H groups in total. The molecule has 2 rings (SSSR count). The molecule has 3 unspecified atom stereocenters. The molecule has 2 aliphatic heterocycles. The van der Waals surface area contributed by atoms with Crippen molar-refractivity contribution in [1.82, 2.24) is 10.2 Å². The van der Waals surface area contributed by atoms with Gasteiger partial charge in [0.25, 0.3) is 0 Å². The Morgan fingerprint density at radius 3 is 3.06 bits per heavy atom. The lowest BCUT2D eigenvalue weighted by Crippen LogP contribution is -2.55. The van der Waals surface area contributed by atoms with E-state index in [-0.39, 0.29) is 0 Å². The molecule has 0 aromatic carbocycles. The fraction of sp³-hybridized carbons (Fsp3) is 1.00. The molecule has 0 saturated carbocycles. The van der Waals surface area contributed by atoms with Crippen LogP contribution in [0.25, 0.3) is 0 Å². The summed E-state index contributed by atoms with van der Waals surface area (Å²) in [6, 6.07) is 1.37. The van der Waals surface area contributed by atoms with Crippen molar-refractivity contribution < 1.29 is 4.74 Å². The molecule has 0 aromatic rings. The number of rotatable bonds is 2. The van der Waals surface area contributed by atoms with Gasteiger partial charge in [0.05, 0.1) is 12.7 Å². The first-order chi connectivity index (χ1) is 7.81. The summed E-state index contributed by atoms with van der Waals surface area (Å²) in [7, 11) is 0. The molecule has 3 nitrogen and oxygen atoms in total. The lowest BCUT2D eigenvalue weighted by atomic mass is 10.0. The van der Waals surface area contributed by atoms with Crippen LogP contribution in [-0.4, -0.2) is 49.3 Å². The molecule has 0 aromatic heterocycles. The van der Waals surface area contributed by atoms with Crippen LogP contribution in [0.4, 0.5) is 0 Å². The summed E-state index contributed by atoms with van der Waals surface area (Å²) in [5, 5.41) is 3.57. The molecule has 0 radical (unpaired) electrons. The second kappa shape index (κ2) is 5.99. The lowest BCUT2D eigenvalue weighted by molar-refractivity contribution is -0.0726. The number of ether oxygens (including phenoxy) is 1. The third kappa shape index (κ3) is 2.96. The Morgan fingerprint density at radius 2 is 2.25 bits per heavy atom. The van der Waals surface area contributed by atoms with Gasteiger partial charge in [0.2, 0.25) is 0 Å². The van der Waals surface area contributed by atoms with E-state index in [2.05, 4.69) is 24.1 Å². The second-order valence-corrected chi connectivity index (χ2v) is 5.26. The zero-order chi connectivity index (χ0) is 11.4. The highest BCUT2D eigenvalue weighted by Crippen LogP contribution is 2.21. The zero-order valence-corrected chi connectivity index (χ0v) is 10.7. The van der Waals surface area contributed by atoms with Gasteiger partial charge >= 0.3 is 0 Å². The van der Waals surface area contributed by atoms with Crippen LogP contribution in [0.15, 0.2) is 0 Å². The van der Waals surface area contributed by atoms with Gasteiger partial charge in [-0.05, 0) is 32.7 Å². The highest BCUT2D eigenvalue weighted by molar-refractivity contribution is 4.86. The van der Waals surface area contributed by atoms with Crippen molar-refractivity contribution in [1.29, 1.82) is 0 Å². The van der Waals surface area contributed by atoms with E-state index in [4.69, 9.17) is 4.74 Å². The van der Waals surface area contributed by atoms with E-state index >= 15 is 0 Å². The molecule has 0 bridgehead atoms. The SMILES string of the molecule is CCC1COC(C)CN1C1CCCCNC1. The van der Waals surface area contributed by atoms with Crippen molar-refractivity contribution in [3.8, 4) is 0 Å². The van der Waals surface area contributed by atoms with Gasteiger partial charge in [-0.25, -0.2) is 0 Å². The first kappa shape index (κ1) is 12.3. The molecule has 2 heterocycles. The van der Waals surface area contributed by atoms with Gasteiger partial charge in [-0.15, -0.1) is 0 Å². The molecular weight excluding hydrogens is 200 g/mol. The van der Waals surface area contributed by atoms with E-state index in [0.717, 1.165) is 19.2 Å². The van der Waals surface area contributed by atoms with Gasteiger partial charge < -0.3 is 10.1 Å². The highest BCUT2D eigenvalue weighted by atomic mass is 16.5. The van der Waals surface area contributed by atoms with E-state index in [9.17, 15) is 0 Å². The number of nitrogens with one attached hydrogen (secondary N) is 1. The van der Waals surface area contributed by atoms with Gasteiger partial charge in [-0.1, -0.05) is 13.3 Å². The Bertz CT molecular complexity index is 202. The van der Waals surface area contributed by atoms with Gasteiger partial charge in [0.1, 0.15) is 0 Å². The van der Waals surface area contributed by atoms with Gasteiger partial charge in [0.15, 0.2) is 0 Å². The van der Waals surface area contributed by atoms with Crippen LogP contribution in [0.1, 0.15) is 39.5 Å². The summed E-state index contributed by atoms with van der Waals surface area (Å²) in [6.07, 6.45) is 5.69. The predicted molar refractivity (Wildman–Crippen MR) is 66.7 cm³/mol. The fourth-order valence-electron chi connectivity index (χ4n) is 2.95. The topological polar surface area (TPSA) is 24.5 Å². The van der Waals surface area contributed by atoms with Crippen molar-refractivity contribution in [3.05, 3.63) is 0 Å². The van der Waals surface area contributed by atoms with Crippen LogP contribution < -0.4 is 5.32 Å². The molecular formula is C13H26N2O. The molecule has 2 saturated heterocycles. The number of morpholine rings is 1. The van der Waals surface area contributed by atoms with Crippen molar-refractivity contribution >= 4 is 0 Å². The third-order valence-corrected chi connectivity index (χ3v) is 3.97. The van der Waals surface area contributed by atoms with E-state index in [1.54, 1.807) is 0 Å². The number of nitrogens with zero attached hydrogens (tertiary/aromatic N) is 1. The van der Waals surface area contributed by atoms with E-state index in [1.807, 2.05) is 0 Å². The minimum absolute atomic E-state index is 0.408. The van der Waals surface area contributed by atoms with Crippen LogP contribution in [0.3, 0.4) is 0 Å². The van der Waals surface area contributed by atoms with Gasteiger partial charge in [0, 0.05) is 25.2 Å². The van der Waals surface area contributed by atoms with E-state index in [0.29, 0.717) is 12.1 Å². The van der Waals surface area contributed by atoms with Gasteiger partial charge in [-0.3, -0.25) is 4.90 Å². The maximum atomic E-state index is 5.77. The average molecular weight is 226 g/mol. The molecule has 94 valence electrons. The molecule has 3 atom stereocenters. The molecule has 3 heteroatoms. The first-order valence-electron chi connectivity index (χ1n) is 6.89. The van der Waals surface area contributed by atoms with Crippen molar-refractivity contribution in [2.45, 2.75) is 57.7 Å². The molecule has 2 aliphatic rings. The number of hydrogen-bond donors (Lipinski definition) is 1. The van der Waals surface area contributed by atoms with Crippen LogP contribution in [0, 0.1) is 0 Å². The van der Waals surface area contributed by atoms with Crippen LogP contribution in [-0.2, 0) is 4.74 Å². The molecule has 16 heavy (non-hydrogen) atoms. The lowest BCUT2D eigenvalue weighted by Gasteiger charge is -2.43. The Balaban J connectivity index is 1.97. The summed E-state index contributed by atoms with van der Waals surface area (Å²) < 4.78 is 5.77. The Hall–Kier alpha value is -0.120. The Labute approximate surface area is 99.5 Å². The van der Waals surface area contributed by atoms with Crippen molar-refractivity contribution in [3.63, 3.8) is 0 Å². The minimum Gasteiger partial charge on any atom is -0.376 e. The van der Waals surface area contributed by atoms with Crippen LogP contribution >= 0.6 is 0 Å². The number of hydrogen-bond acceptors (Lipinski definition) is 3. The van der Waals surface area contributed by atoms with E-state index in [1.165, 1.54) is 38.8 Å². The quantitative estimate of drug-likeness (QED) is 0.774. The Kier molecular flexibility index (Phi) is 4.62. The minimum atomic E-state index is 0.408. The predicted octanol–water partition coefficient (Wildman–Crippen LogP) is 1.63. The summed E-state index contributed by atoms with van der Waals surface area (Å²) in [4.78, 5) is 2.70. The molecule has 2 fully saturated rings. The van der Waals surface area contributed by atoms with Crippen molar-refractivity contribution in [2.75, 3.05) is 26.2 Å². The summed E-state index contributed by atoms with van der Waals surface area (Å²) in [5.74, 6) is 0. The van der Waals surface area contributed by atoms with E-state index < -0.39 is 0 Å². The standard InChI is InChI=1S/C13H26N2O/c1-3-12-10-16-11(2)9-15(12)13-6-4-5-7-14-8-13/h11-14H,3-10H2,1-2H3. The Morgan fingerprint density at radius 1 is 1.38 bits per heavy atom. The largest absolute Gasteiger partial charge is 0.376 e. The van der Waals surface area contributed by atoms with Crippen LogP contribution in [0.2, 0.25) is 0 Å². The van der Waals surface area contributed by atoms with Crippen LogP contribution in [0.5, 0.6) is 0 Å². The van der Waals surface area contributed by atoms with Crippen molar-refractivity contribution in [2.24, 2.45) is 0 Å². The fourth-order valence-corrected chi connectivity index (χ4v) is 2.95. The second-order valence-electron chi connectivity index (χ2n) is 5.26. The average Bonchev–Trinajstić information content (AvgIpc) is 2.57. The normalized spacial score (nSPS) is 38.2. The third-order valence-electron chi connectivity index (χ3n) is 3.97. The summed E-state index contributed by atoms with van der Waals surface area (Å²) in [5.41, 5.74) is 0.